The average Bonchev–Trinajstić information content (AvgIpc) is 2.72. The predicted molar refractivity (Wildman–Crippen MR) is 69.3 cm³/mol. The van der Waals surface area contributed by atoms with Crippen LogP contribution in [0.3, 0.4) is 0 Å². The third-order valence-electron chi connectivity index (χ3n) is 3.53. The van der Waals surface area contributed by atoms with Gasteiger partial charge >= 0.3 is 0 Å². The zero-order chi connectivity index (χ0) is 11.0. The molecule has 0 saturated carbocycles. The summed E-state index contributed by atoms with van der Waals surface area (Å²) in [7, 11) is 0. The van der Waals surface area contributed by atoms with Gasteiger partial charge in [0.15, 0.2) is 0 Å². The molecule has 1 aliphatic rings. The zero-order valence-corrected chi connectivity index (χ0v) is 9.66. The van der Waals surface area contributed by atoms with Gasteiger partial charge in [0.1, 0.15) is 0 Å². The van der Waals surface area contributed by atoms with Crippen LogP contribution in [0.1, 0.15) is 31.7 Å². The highest BCUT2D eigenvalue weighted by molar-refractivity contribution is 5.92. The first-order valence-corrected chi connectivity index (χ1v) is 6.12. The molecular weight excluding hydrogens is 194 g/mol. The lowest BCUT2D eigenvalue weighted by atomic mass is 9.88. The fourth-order valence-electron chi connectivity index (χ4n) is 2.69. The molecule has 0 aliphatic heterocycles. The third-order valence-corrected chi connectivity index (χ3v) is 3.53. The third kappa shape index (κ3) is 1.57. The van der Waals surface area contributed by atoms with Crippen LogP contribution < -0.4 is 0 Å². The van der Waals surface area contributed by atoms with E-state index in [9.17, 15) is 0 Å². The standard InChI is InChI=1S/C15H17N/c1-11-5-4-6-12(9-11)14-10-16-15-8-3-2-7-13(14)15/h2-3,7-11,16H,4-6H2,1H3. The van der Waals surface area contributed by atoms with Gasteiger partial charge in [-0.1, -0.05) is 31.2 Å². The molecule has 0 amide bonds. The van der Waals surface area contributed by atoms with E-state index in [1.54, 1.807) is 0 Å². The van der Waals surface area contributed by atoms with Crippen molar-refractivity contribution in [3.8, 4) is 0 Å². The van der Waals surface area contributed by atoms with Crippen molar-refractivity contribution in [1.29, 1.82) is 0 Å². The van der Waals surface area contributed by atoms with Crippen LogP contribution in [0.15, 0.2) is 36.5 Å². The molecule has 16 heavy (non-hydrogen) atoms. The fourth-order valence-corrected chi connectivity index (χ4v) is 2.69. The Bertz CT molecular complexity index is 533. The highest BCUT2D eigenvalue weighted by Crippen LogP contribution is 2.33. The molecule has 1 heteroatoms. The van der Waals surface area contributed by atoms with E-state index in [0.717, 1.165) is 5.92 Å². The minimum Gasteiger partial charge on any atom is -0.361 e. The minimum atomic E-state index is 0.734. The zero-order valence-electron chi connectivity index (χ0n) is 9.66. The smallest absolute Gasteiger partial charge is 0.0460 e. The number of rotatable bonds is 1. The lowest BCUT2D eigenvalue weighted by Gasteiger charge is -2.17. The van der Waals surface area contributed by atoms with Crippen LogP contribution >= 0.6 is 0 Å². The lowest BCUT2D eigenvalue weighted by molar-refractivity contribution is 0.593. The number of hydrogen-bond donors (Lipinski definition) is 1. The number of hydrogen-bond acceptors (Lipinski definition) is 0. The summed E-state index contributed by atoms with van der Waals surface area (Å²) >= 11 is 0. The van der Waals surface area contributed by atoms with Gasteiger partial charge in [-0.2, -0.15) is 0 Å². The number of aromatic nitrogens is 1. The first kappa shape index (κ1) is 9.71. The molecule has 0 fully saturated rings. The van der Waals surface area contributed by atoms with Crippen LogP contribution in [0.5, 0.6) is 0 Å². The average molecular weight is 211 g/mol. The highest BCUT2D eigenvalue weighted by atomic mass is 14.7. The summed E-state index contributed by atoms with van der Waals surface area (Å²) in [4.78, 5) is 3.36. The Hall–Kier alpha value is -1.50. The molecule has 82 valence electrons. The maximum atomic E-state index is 3.36. The van der Waals surface area contributed by atoms with Crippen molar-refractivity contribution in [2.45, 2.75) is 26.2 Å². The van der Waals surface area contributed by atoms with E-state index < -0.39 is 0 Å². The van der Waals surface area contributed by atoms with Crippen molar-refractivity contribution in [3.05, 3.63) is 42.1 Å². The molecule has 1 aliphatic carbocycles. The molecule has 1 atom stereocenters. The molecule has 2 aromatic rings. The number of H-pyrrole nitrogens is 1. The van der Waals surface area contributed by atoms with Gasteiger partial charge < -0.3 is 4.98 Å². The molecule has 1 nitrogen and oxygen atoms in total. The molecule has 3 rings (SSSR count). The molecule has 0 saturated heterocycles. The fraction of sp³-hybridized carbons (Fsp3) is 0.333. The normalized spacial score (nSPS) is 21.1. The molecule has 0 radical (unpaired) electrons. The van der Waals surface area contributed by atoms with E-state index in [1.807, 2.05) is 0 Å². The molecule has 1 N–H and O–H groups in total. The maximum Gasteiger partial charge on any atom is 0.0460 e. The number of benzene rings is 1. The van der Waals surface area contributed by atoms with Crippen molar-refractivity contribution >= 4 is 16.5 Å². The Labute approximate surface area is 96.2 Å². The quantitative estimate of drug-likeness (QED) is 0.721. The van der Waals surface area contributed by atoms with E-state index in [2.05, 4.69) is 48.4 Å². The Morgan fingerprint density at radius 3 is 3.00 bits per heavy atom. The molecular formula is C15H17N. The van der Waals surface area contributed by atoms with Crippen molar-refractivity contribution < 1.29 is 0 Å². The highest BCUT2D eigenvalue weighted by Gasteiger charge is 2.13. The number of allylic oxidation sites excluding steroid dienone is 2. The summed E-state index contributed by atoms with van der Waals surface area (Å²) in [6, 6.07) is 8.56. The summed E-state index contributed by atoms with van der Waals surface area (Å²) in [6.07, 6.45) is 8.50. The van der Waals surface area contributed by atoms with Crippen LogP contribution in [0.2, 0.25) is 0 Å². The summed E-state index contributed by atoms with van der Waals surface area (Å²) < 4.78 is 0. The monoisotopic (exact) mass is 211 g/mol. The van der Waals surface area contributed by atoms with Crippen LogP contribution in [-0.2, 0) is 0 Å². The molecule has 1 heterocycles. The number of para-hydroxylation sites is 1. The summed E-state index contributed by atoms with van der Waals surface area (Å²) in [6.45, 7) is 2.31. The molecule has 0 bridgehead atoms. The van der Waals surface area contributed by atoms with Gasteiger partial charge in [0.05, 0.1) is 0 Å². The summed E-state index contributed by atoms with van der Waals surface area (Å²) in [5.41, 5.74) is 4.18. The topological polar surface area (TPSA) is 15.8 Å². The first-order valence-electron chi connectivity index (χ1n) is 6.12. The van der Waals surface area contributed by atoms with Crippen molar-refractivity contribution in [1.82, 2.24) is 4.98 Å². The van der Waals surface area contributed by atoms with E-state index in [-0.39, 0.29) is 0 Å². The van der Waals surface area contributed by atoms with Crippen LogP contribution in [-0.4, -0.2) is 4.98 Å². The number of nitrogens with one attached hydrogen (secondary N) is 1. The van der Waals surface area contributed by atoms with Crippen LogP contribution in [0.4, 0.5) is 0 Å². The molecule has 1 aromatic heterocycles. The van der Waals surface area contributed by atoms with Gasteiger partial charge in [0.2, 0.25) is 0 Å². The van der Waals surface area contributed by atoms with Crippen molar-refractivity contribution in [2.24, 2.45) is 5.92 Å². The largest absolute Gasteiger partial charge is 0.361 e. The molecule has 1 unspecified atom stereocenters. The van der Waals surface area contributed by atoms with Gasteiger partial charge in [-0.05, 0) is 36.8 Å². The molecule has 0 spiro atoms. The maximum absolute atomic E-state index is 3.36. The first-order chi connectivity index (χ1) is 7.84. The Morgan fingerprint density at radius 2 is 2.12 bits per heavy atom. The van der Waals surface area contributed by atoms with Crippen molar-refractivity contribution in [2.75, 3.05) is 0 Å². The molecule has 1 aromatic carbocycles. The van der Waals surface area contributed by atoms with Crippen LogP contribution in [0, 0.1) is 5.92 Å². The van der Waals surface area contributed by atoms with Gasteiger partial charge in [-0.15, -0.1) is 0 Å². The lowest BCUT2D eigenvalue weighted by Crippen LogP contribution is -1.99. The second-order valence-corrected chi connectivity index (χ2v) is 4.81. The predicted octanol–water partition coefficient (Wildman–Crippen LogP) is 4.37. The van der Waals surface area contributed by atoms with Crippen molar-refractivity contribution in [3.63, 3.8) is 0 Å². The summed E-state index contributed by atoms with van der Waals surface area (Å²) in [5.74, 6) is 0.734. The van der Waals surface area contributed by atoms with E-state index in [4.69, 9.17) is 0 Å². The van der Waals surface area contributed by atoms with Gasteiger partial charge in [-0.25, -0.2) is 0 Å². The second kappa shape index (κ2) is 3.82. The van der Waals surface area contributed by atoms with E-state index in [0.29, 0.717) is 0 Å². The SMILES string of the molecule is CC1C=C(c2c[nH]c3ccccc23)CCC1. The van der Waals surface area contributed by atoms with E-state index in [1.165, 1.54) is 41.3 Å². The Kier molecular flexibility index (Phi) is 2.32. The number of fused-ring (bicyclic) bond motifs is 1. The minimum absolute atomic E-state index is 0.734. The summed E-state index contributed by atoms with van der Waals surface area (Å²) in [5, 5.41) is 1.36. The second-order valence-electron chi connectivity index (χ2n) is 4.81. The van der Waals surface area contributed by atoms with Crippen LogP contribution in [0.25, 0.3) is 16.5 Å². The van der Waals surface area contributed by atoms with E-state index >= 15 is 0 Å². The van der Waals surface area contributed by atoms with Gasteiger partial charge in [0.25, 0.3) is 0 Å². The van der Waals surface area contributed by atoms with Gasteiger partial charge in [-0.3, -0.25) is 0 Å². The Balaban J connectivity index is 2.12. The number of aromatic amines is 1. The Morgan fingerprint density at radius 1 is 1.25 bits per heavy atom. The van der Waals surface area contributed by atoms with Gasteiger partial charge in [0, 0.05) is 22.7 Å².